The van der Waals surface area contributed by atoms with Gasteiger partial charge in [0.2, 0.25) is 12.7 Å². The Bertz CT molecular complexity index is 1120. The molecule has 0 atom stereocenters. The number of esters is 1. The maximum absolute atomic E-state index is 12.4. The van der Waals surface area contributed by atoms with Crippen molar-refractivity contribution in [3.63, 3.8) is 0 Å². The Kier molecular flexibility index (Phi) is 5.26. The number of ether oxygens (including phenoxy) is 3. The number of rotatable bonds is 5. The second-order valence-corrected chi connectivity index (χ2v) is 7.35. The van der Waals surface area contributed by atoms with Crippen LogP contribution in [0.3, 0.4) is 0 Å². The van der Waals surface area contributed by atoms with Gasteiger partial charge in [-0.3, -0.25) is 4.79 Å². The van der Waals surface area contributed by atoms with Crippen molar-refractivity contribution in [1.29, 1.82) is 0 Å². The number of thioether (sulfide) groups is 1. The largest absolute Gasteiger partial charge is 0.465 e. The molecule has 8 heteroatoms. The number of aromatic nitrogens is 1. The quantitative estimate of drug-likeness (QED) is 0.506. The van der Waals surface area contributed by atoms with E-state index in [-0.39, 0.29) is 18.5 Å². The van der Waals surface area contributed by atoms with Gasteiger partial charge in [-0.25, -0.2) is 9.78 Å². The number of hydrogen-bond donors (Lipinski definition) is 1. The summed E-state index contributed by atoms with van der Waals surface area (Å²) in [6, 6.07) is 12.5. The molecule has 4 rings (SSSR count). The molecule has 0 aliphatic carbocycles. The van der Waals surface area contributed by atoms with Crippen LogP contribution in [0.25, 0.3) is 10.9 Å². The Hall–Kier alpha value is -3.26. The van der Waals surface area contributed by atoms with Gasteiger partial charge < -0.3 is 19.5 Å². The van der Waals surface area contributed by atoms with Crippen molar-refractivity contribution in [1.82, 2.24) is 4.98 Å². The van der Waals surface area contributed by atoms with Crippen molar-refractivity contribution < 1.29 is 23.8 Å². The van der Waals surface area contributed by atoms with E-state index in [0.29, 0.717) is 22.7 Å². The Labute approximate surface area is 171 Å². The van der Waals surface area contributed by atoms with Crippen molar-refractivity contribution in [3.05, 3.63) is 53.6 Å². The molecule has 29 heavy (non-hydrogen) atoms. The Morgan fingerprint density at radius 1 is 1.17 bits per heavy atom. The Morgan fingerprint density at radius 3 is 2.72 bits per heavy atom. The van der Waals surface area contributed by atoms with Crippen LogP contribution in [0.5, 0.6) is 11.5 Å². The summed E-state index contributed by atoms with van der Waals surface area (Å²) in [5.41, 5.74) is 2.47. The number of nitrogens with one attached hydrogen (secondary N) is 1. The van der Waals surface area contributed by atoms with E-state index in [9.17, 15) is 9.59 Å². The highest BCUT2D eigenvalue weighted by molar-refractivity contribution is 8.00. The van der Waals surface area contributed by atoms with E-state index < -0.39 is 5.97 Å². The minimum Gasteiger partial charge on any atom is -0.465 e. The van der Waals surface area contributed by atoms with Crippen LogP contribution in [0, 0.1) is 6.92 Å². The van der Waals surface area contributed by atoms with E-state index in [1.165, 1.54) is 18.9 Å². The standard InChI is InChI=1S/C21H18N2O5S/c1-12-7-13-8-17-18(28-11-27-17)9-16(13)23-20(12)29-10-19(24)22-15-6-4-3-5-14(15)21(25)26-2/h3-9H,10-11H2,1-2H3,(H,22,24). The first-order chi connectivity index (χ1) is 14.0. The molecule has 0 spiro atoms. The molecule has 3 aromatic rings. The monoisotopic (exact) mass is 410 g/mol. The molecule has 0 radical (unpaired) electrons. The summed E-state index contributed by atoms with van der Waals surface area (Å²) in [7, 11) is 1.30. The highest BCUT2D eigenvalue weighted by Crippen LogP contribution is 2.36. The molecule has 0 unspecified atom stereocenters. The van der Waals surface area contributed by atoms with Crippen molar-refractivity contribution in [2.45, 2.75) is 11.9 Å². The number of amides is 1. The molecule has 1 aliphatic rings. The Balaban J connectivity index is 1.48. The summed E-state index contributed by atoms with van der Waals surface area (Å²) < 4.78 is 15.6. The fourth-order valence-electron chi connectivity index (χ4n) is 3.00. The summed E-state index contributed by atoms with van der Waals surface area (Å²) in [5.74, 6) is 0.793. The molecule has 2 heterocycles. The highest BCUT2D eigenvalue weighted by Gasteiger charge is 2.17. The first kappa shape index (κ1) is 19.1. The summed E-state index contributed by atoms with van der Waals surface area (Å²) >= 11 is 1.33. The predicted octanol–water partition coefficient (Wildman–Crippen LogP) is 3.79. The first-order valence-electron chi connectivity index (χ1n) is 8.86. The zero-order valence-electron chi connectivity index (χ0n) is 15.9. The van der Waals surface area contributed by atoms with Crippen LogP contribution < -0.4 is 14.8 Å². The van der Waals surface area contributed by atoms with Gasteiger partial charge in [-0.1, -0.05) is 23.9 Å². The first-order valence-corrected chi connectivity index (χ1v) is 9.84. The number of para-hydroxylation sites is 1. The molecule has 1 N–H and O–H groups in total. The SMILES string of the molecule is COC(=O)c1ccccc1NC(=O)CSc1nc2cc3c(cc2cc1C)OCO3. The number of aryl methyl sites for hydroxylation is 1. The second kappa shape index (κ2) is 8.00. The number of carbonyl (C=O) groups is 2. The lowest BCUT2D eigenvalue weighted by molar-refractivity contribution is -0.113. The lowest BCUT2D eigenvalue weighted by Gasteiger charge is -2.10. The van der Waals surface area contributed by atoms with Crippen LogP contribution in [0.2, 0.25) is 0 Å². The number of nitrogens with zero attached hydrogens (tertiary/aromatic N) is 1. The van der Waals surface area contributed by atoms with E-state index in [1.807, 2.05) is 25.1 Å². The molecule has 1 aromatic heterocycles. The molecular weight excluding hydrogens is 392 g/mol. The zero-order valence-corrected chi connectivity index (χ0v) is 16.7. The number of methoxy groups -OCH3 is 1. The van der Waals surface area contributed by atoms with Gasteiger partial charge >= 0.3 is 5.97 Å². The molecule has 1 amide bonds. The van der Waals surface area contributed by atoms with E-state index in [2.05, 4.69) is 10.3 Å². The van der Waals surface area contributed by atoms with Gasteiger partial charge in [-0.15, -0.1) is 0 Å². The van der Waals surface area contributed by atoms with Gasteiger partial charge in [-0.2, -0.15) is 0 Å². The molecule has 0 saturated heterocycles. The minimum atomic E-state index is -0.501. The third-order valence-electron chi connectivity index (χ3n) is 4.40. The van der Waals surface area contributed by atoms with Gasteiger partial charge in [0.25, 0.3) is 0 Å². The highest BCUT2D eigenvalue weighted by atomic mass is 32.2. The second-order valence-electron chi connectivity index (χ2n) is 6.38. The van der Waals surface area contributed by atoms with Crippen molar-refractivity contribution in [3.8, 4) is 11.5 Å². The molecule has 148 valence electrons. The zero-order chi connectivity index (χ0) is 20.4. The van der Waals surface area contributed by atoms with Gasteiger partial charge in [0, 0.05) is 11.5 Å². The third-order valence-corrected chi connectivity index (χ3v) is 5.49. The number of anilines is 1. The molecule has 7 nitrogen and oxygen atoms in total. The summed E-state index contributed by atoms with van der Waals surface area (Å²) in [4.78, 5) is 28.9. The average molecular weight is 410 g/mol. The molecule has 0 bridgehead atoms. The fraction of sp³-hybridized carbons (Fsp3) is 0.190. The number of benzene rings is 2. The predicted molar refractivity (Wildman–Crippen MR) is 110 cm³/mol. The van der Waals surface area contributed by atoms with Crippen LogP contribution in [0.1, 0.15) is 15.9 Å². The Morgan fingerprint density at radius 2 is 1.93 bits per heavy atom. The average Bonchev–Trinajstić information content (AvgIpc) is 3.17. The van der Waals surface area contributed by atoms with Gasteiger partial charge in [0.1, 0.15) is 5.03 Å². The van der Waals surface area contributed by atoms with Crippen molar-refractivity contribution in [2.75, 3.05) is 25.0 Å². The van der Waals surface area contributed by atoms with Gasteiger partial charge in [-0.05, 0) is 36.8 Å². The molecular formula is C21H18N2O5S. The van der Waals surface area contributed by atoms with E-state index in [0.717, 1.165) is 21.5 Å². The third kappa shape index (κ3) is 3.97. The fourth-order valence-corrected chi connectivity index (χ4v) is 3.79. The minimum absolute atomic E-state index is 0.152. The molecule has 0 fully saturated rings. The number of pyridine rings is 1. The maximum Gasteiger partial charge on any atom is 0.339 e. The topological polar surface area (TPSA) is 86.8 Å². The molecule has 0 saturated carbocycles. The number of hydrogen-bond acceptors (Lipinski definition) is 7. The smallest absolute Gasteiger partial charge is 0.339 e. The van der Waals surface area contributed by atoms with Crippen LogP contribution in [0.15, 0.2) is 47.5 Å². The van der Waals surface area contributed by atoms with Crippen molar-refractivity contribution >= 4 is 40.2 Å². The lowest BCUT2D eigenvalue weighted by Crippen LogP contribution is -2.17. The van der Waals surface area contributed by atoms with Crippen LogP contribution in [-0.4, -0.2) is 36.5 Å². The normalized spacial score (nSPS) is 12.1. The van der Waals surface area contributed by atoms with E-state index in [4.69, 9.17) is 14.2 Å². The van der Waals surface area contributed by atoms with Gasteiger partial charge in [0.05, 0.1) is 29.6 Å². The van der Waals surface area contributed by atoms with Crippen molar-refractivity contribution in [2.24, 2.45) is 0 Å². The summed E-state index contributed by atoms with van der Waals surface area (Å²) in [6.45, 7) is 2.16. The number of fused-ring (bicyclic) bond motifs is 2. The van der Waals surface area contributed by atoms with Crippen LogP contribution >= 0.6 is 11.8 Å². The van der Waals surface area contributed by atoms with E-state index >= 15 is 0 Å². The lowest BCUT2D eigenvalue weighted by atomic mass is 10.1. The molecule has 2 aromatic carbocycles. The molecule has 1 aliphatic heterocycles. The summed E-state index contributed by atoms with van der Waals surface area (Å²) in [6.07, 6.45) is 0. The maximum atomic E-state index is 12.4. The van der Waals surface area contributed by atoms with Crippen LogP contribution in [0.4, 0.5) is 5.69 Å². The number of carbonyl (C=O) groups excluding carboxylic acids is 2. The van der Waals surface area contributed by atoms with Crippen LogP contribution in [-0.2, 0) is 9.53 Å². The summed E-state index contributed by atoms with van der Waals surface area (Å²) in [5, 5.41) is 4.47. The van der Waals surface area contributed by atoms with E-state index in [1.54, 1.807) is 24.3 Å². The van der Waals surface area contributed by atoms with Gasteiger partial charge in [0.15, 0.2) is 11.5 Å².